The number of hydrogen-bond acceptors (Lipinski definition) is 4. The molecule has 0 aliphatic carbocycles. The predicted octanol–water partition coefficient (Wildman–Crippen LogP) is 1.94. The second kappa shape index (κ2) is 4.25. The van der Waals surface area contributed by atoms with Crippen molar-refractivity contribution in [1.29, 1.82) is 0 Å². The van der Waals surface area contributed by atoms with Crippen LogP contribution in [0.15, 0.2) is 0 Å². The molecule has 0 radical (unpaired) electrons. The highest BCUT2D eigenvalue weighted by Gasteiger charge is 2.30. The van der Waals surface area contributed by atoms with Crippen LogP contribution in [0, 0.1) is 6.92 Å². The van der Waals surface area contributed by atoms with E-state index in [1.165, 1.54) is 0 Å². The molecule has 86 valence electrons. The highest BCUT2D eigenvalue weighted by atomic mass is 35.5. The number of nitrogens with one attached hydrogen (secondary N) is 1. The zero-order chi connectivity index (χ0) is 11.7. The Morgan fingerprint density at radius 2 is 2.25 bits per heavy atom. The third kappa shape index (κ3) is 1.95. The van der Waals surface area contributed by atoms with Crippen LogP contribution < -0.4 is 10.1 Å². The fraction of sp³-hybridized carbons (Fsp3) is 0.500. The number of hydrogen-bond donors (Lipinski definition) is 1. The normalized spacial score (nSPS) is 18.7. The van der Waals surface area contributed by atoms with E-state index in [9.17, 15) is 4.79 Å². The lowest BCUT2D eigenvalue weighted by Crippen LogP contribution is -2.37. The van der Waals surface area contributed by atoms with Crippen LogP contribution in [0.1, 0.15) is 25.6 Å². The summed E-state index contributed by atoms with van der Waals surface area (Å²) >= 11 is 5.93. The van der Waals surface area contributed by atoms with Gasteiger partial charge in [0.1, 0.15) is 5.82 Å². The molecule has 1 N–H and O–H groups in total. The van der Waals surface area contributed by atoms with Gasteiger partial charge in [-0.15, -0.1) is 0 Å². The van der Waals surface area contributed by atoms with Gasteiger partial charge in [-0.05, 0) is 13.3 Å². The van der Waals surface area contributed by atoms with Gasteiger partial charge in [0.2, 0.25) is 5.75 Å². The van der Waals surface area contributed by atoms with Crippen LogP contribution in [0.5, 0.6) is 5.75 Å². The fourth-order valence-electron chi connectivity index (χ4n) is 1.56. The van der Waals surface area contributed by atoms with Crippen LogP contribution in [-0.4, -0.2) is 22.0 Å². The van der Waals surface area contributed by atoms with Crippen LogP contribution in [0.3, 0.4) is 0 Å². The van der Waals surface area contributed by atoms with E-state index in [-0.39, 0.29) is 11.1 Å². The summed E-state index contributed by atoms with van der Waals surface area (Å²) in [7, 11) is 0. The van der Waals surface area contributed by atoms with E-state index in [4.69, 9.17) is 16.3 Å². The molecule has 1 aliphatic rings. The van der Waals surface area contributed by atoms with Crippen molar-refractivity contribution < 1.29 is 9.53 Å². The quantitative estimate of drug-likeness (QED) is 0.804. The number of aromatic nitrogens is 2. The van der Waals surface area contributed by atoms with E-state index in [0.29, 0.717) is 23.8 Å². The molecule has 0 aromatic carbocycles. The number of ether oxygens (including phenoxy) is 1. The van der Waals surface area contributed by atoms with Gasteiger partial charge in [0.15, 0.2) is 17.1 Å². The smallest absolute Gasteiger partial charge is 0.266 e. The van der Waals surface area contributed by atoms with E-state index in [0.717, 1.165) is 6.42 Å². The summed E-state index contributed by atoms with van der Waals surface area (Å²) < 4.78 is 5.50. The topological polar surface area (TPSA) is 64.1 Å². The average molecular weight is 242 g/mol. The molecule has 1 amide bonds. The minimum Gasteiger partial charge on any atom is -0.473 e. The fourth-order valence-corrected chi connectivity index (χ4v) is 1.82. The SMILES string of the molecule is CCCC1Oc2c(Cl)nc(C)nc2NC1=O. The Morgan fingerprint density at radius 3 is 2.94 bits per heavy atom. The summed E-state index contributed by atoms with van der Waals surface area (Å²) in [6, 6.07) is 0. The zero-order valence-electron chi connectivity index (χ0n) is 9.08. The first-order valence-electron chi connectivity index (χ1n) is 5.13. The Balaban J connectivity index is 2.35. The zero-order valence-corrected chi connectivity index (χ0v) is 9.84. The molecule has 6 heteroatoms. The molecule has 0 saturated heterocycles. The molecule has 2 heterocycles. The number of carbonyl (C=O) groups excluding carboxylic acids is 1. The molecule has 1 atom stereocenters. The van der Waals surface area contributed by atoms with Gasteiger partial charge in [0.25, 0.3) is 5.91 Å². The summed E-state index contributed by atoms with van der Waals surface area (Å²) in [5, 5.41) is 2.92. The summed E-state index contributed by atoms with van der Waals surface area (Å²) in [6.07, 6.45) is 1.01. The first-order chi connectivity index (χ1) is 7.61. The lowest BCUT2D eigenvalue weighted by Gasteiger charge is -2.25. The second-order valence-corrected chi connectivity index (χ2v) is 3.98. The summed E-state index contributed by atoms with van der Waals surface area (Å²) in [6.45, 7) is 3.69. The maximum atomic E-state index is 11.6. The molecular weight excluding hydrogens is 230 g/mol. The molecule has 0 fully saturated rings. The standard InChI is InChI=1S/C10H12ClN3O2/c1-3-4-6-10(15)14-9-7(16-6)8(11)12-5(2)13-9/h6H,3-4H2,1-2H3,(H,12,13,14,15). The number of nitrogens with zero attached hydrogens (tertiary/aromatic N) is 2. The largest absolute Gasteiger partial charge is 0.473 e. The van der Waals surface area contributed by atoms with Crippen molar-refractivity contribution in [2.24, 2.45) is 0 Å². The minimum absolute atomic E-state index is 0.177. The Morgan fingerprint density at radius 1 is 1.50 bits per heavy atom. The maximum absolute atomic E-state index is 11.6. The molecule has 5 nitrogen and oxygen atoms in total. The van der Waals surface area contributed by atoms with Crippen molar-refractivity contribution in [2.45, 2.75) is 32.8 Å². The van der Waals surface area contributed by atoms with Crippen molar-refractivity contribution in [1.82, 2.24) is 9.97 Å². The lowest BCUT2D eigenvalue weighted by molar-refractivity contribution is -0.123. The van der Waals surface area contributed by atoms with Crippen LogP contribution in [0.25, 0.3) is 0 Å². The Kier molecular flexibility index (Phi) is 2.96. The minimum atomic E-state index is -0.499. The maximum Gasteiger partial charge on any atom is 0.266 e. The first kappa shape index (κ1) is 11.1. The summed E-state index contributed by atoms with van der Waals surface area (Å²) in [5.41, 5.74) is 0. The Bertz CT molecular complexity index is 436. The third-order valence-corrected chi connectivity index (χ3v) is 2.54. The van der Waals surface area contributed by atoms with Crippen LogP contribution >= 0.6 is 11.6 Å². The molecule has 0 bridgehead atoms. The van der Waals surface area contributed by atoms with Gasteiger partial charge >= 0.3 is 0 Å². The molecule has 16 heavy (non-hydrogen) atoms. The number of carbonyl (C=O) groups is 1. The molecule has 1 aromatic rings. The Labute approximate surface area is 98.2 Å². The van der Waals surface area contributed by atoms with Gasteiger partial charge in [-0.2, -0.15) is 0 Å². The van der Waals surface area contributed by atoms with Gasteiger partial charge in [-0.3, -0.25) is 4.79 Å². The van der Waals surface area contributed by atoms with E-state index >= 15 is 0 Å². The molecule has 0 saturated carbocycles. The molecule has 2 rings (SSSR count). The number of aryl methyl sites for hydroxylation is 1. The van der Waals surface area contributed by atoms with Gasteiger partial charge in [0.05, 0.1) is 0 Å². The van der Waals surface area contributed by atoms with Crippen LogP contribution in [-0.2, 0) is 4.79 Å². The highest BCUT2D eigenvalue weighted by Crippen LogP contribution is 2.34. The molecule has 0 spiro atoms. The van der Waals surface area contributed by atoms with Gasteiger partial charge < -0.3 is 10.1 Å². The molecule has 1 aliphatic heterocycles. The van der Waals surface area contributed by atoms with Gasteiger partial charge in [-0.25, -0.2) is 9.97 Å². The number of fused-ring (bicyclic) bond motifs is 1. The molecular formula is C10H12ClN3O2. The van der Waals surface area contributed by atoms with Crippen molar-refractivity contribution in [3.05, 3.63) is 11.0 Å². The van der Waals surface area contributed by atoms with Crippen molar-refractivity contribution in [2.75, 3.05) is 5.32 Å². The van der Waals surface area contributed by atoms with Crippen molar-refractivity contribution in [3.63, 3.8) is 0 Å². The summed E-state index contributed by atoms with van der Waals surface area (Å²) in [4.78, 5) is 19.7. The Hall–Kier alpha value is -1.36. The number of amides is 1. The first-order valence-corrected chi connectivity index (χ1v) is 5.51. The highest BCUT2D eigenvalue weighted by molar-refractivity contribution is 6.31. The van der Waals surface area contributed by atoms with E-state index < -0.39 is 6.10 Å². The number of halogens is 1. The third-order valence-electron chi connectivity index (χ3n) is 2.28. The second-order valence-electron chi connectivity index (χ2n) is 3.62. The summed E-state index contributed by atoms with van der Waals surface area (Å²) in [5.74, 6) is 1.05. The lowest BCUT2D eigenvalue weighted by atomic mass is 10.2. The van der Waals surface area contributed by atoms with E-state index in [1.54, 1.807) is 6.92 Å². The van der Waals surface area contributed by atoms with Gasteiger partial charge in [0, 0.05) is 0 Å². The van der Waals surface area contributed by atoms with Crippen molar-refractivity contribution in [3.8, 4) is 5.75 Å². The van der Waals surface area contributed by atoms with E-state index in [2.05, 4.69) is 15.3 Å². The van der Waals surface area contributed by atoms with E-state index in [1.807, 2.05) is 6.92 Å². The van der Waals surface area contributed by atoms with Crippen molar-refractivity contribution >= 4 is 23.3 Å². The average Bonchev–Trinajstić information content (AvgIpc) is 2.20. The van der Waals surface area contributed by atoms with Crippen LogP contribution in [0.2, 0.25) is 5.15 Å². The number of anilines is 1. The molecule has 1 unspecified atom stereocenters. The van der Waals surface area contributed by atoms with Gasteiger partial charge in [-0.1, -0.05) is 24.9 Å². The molecule has 1 aromatic heterocycles. The monoisotopic (exact) mass is 241 g/mol. The van der Waals surface area contributed by atoms with Crippen LogP contribution in [0.4, 0.5) is 5.82 Å². The number of rotatable bonds is 2. The predicted molar refractivity (Wildman–Crippen MR) is 59.7 cm³/mol.